The number of aromatic nitrogens is 2. The maximum atomic E-state index is 12.9. The molecule has 0 bridgehead atoms. The summed E-state index contributed by atoms with van der Waals surface area (Å²) >= 11 is 0. The van der Waals surface area contributed by atoms with Crippen LogP contribution in [0.15, 0.2) is 24.3 Å². The van der Waals surface area contributed by atoms with Gasteiger partial charge in [0.2, 0.25) is 5.88 Å². The fourth-order valence-corrected chi connectivity index (χ4v) is 1.96. The molecule has 0 atom stereocenters. The summed E-state index contributed by atoms with van der Waals surface area (Å²) in [5.41, 5.74) is 5.11. The molecule has 1 aromatic heterocycles. The predicted octanol–water partition coefficient (Wildman–Crippen LogP) is 2.82. The van der Waals surface area contributed by atoms with Gasteiger partial charge in [-0.15, -0.1) is 0 Å². The molecule has 112 valence electrons. The topological polar surface area (TPSA) is 76.9 Å². The van der Waals surface area contributed by atoms with E-state index in [1.165, 1.54) is 29.9 Å². The zero-order valence-electron chi connectivity index (χ0n) is 11.3. The lowest BCUT2D eigenvalue weighted by molar-refractivity contribution is -0.138. The number of aryl methyl sites for hydroxylation is 2. The number of nitrogens with two attached hydrogens (primary N) is 1. The van der Waals surface area contributed by atoms with Crippen LogP contribution >= 0.6 is 0 Å². The Hall–Kier alpha value is -2.51. The second kappa shape index (κ2) is 5.12. The number of rotatable bonds is 3. The van der Waals surface area contributed by atoms with Gasteiger partial charge in [-0.25, -0.2) is 4.68 Å². The molecule has 0 aliphatic rings. The quantitative estimate of drug-likeness (QED) is 0.675. The lowest BCUT2D eigenvalue weighted by Crippen LogP contribution is -2.14. The third-order valence-corrected chi connectivity index (χ3v) is 2.84. The number of nitrogens with one attached hydrogen (secondary N) is 1. The SMILES string of the molecule is Cc1nn(C)c(Oc2ccccc2C(F)(F)F)c1C(=N)N. The second-order valence-corrected chi connectivity index (χ2v) is 4.40. The second-order valence-electron chi connectivity index (χ2n) is 4.40. The maximum absolute atomic E-state index is 12.9. The van der Waals surface area contributed by atoms with Crippen molar-refractivity contribution < 1.29 is 17.9 Å². The predicted molar refractivity (Wildman–Crippen MR) is 70.5 cm³/mol. The van der Waals surface area contributed by atoms with Crippen molar-refractivity contribution in [1.82, 2.24) is 9.78 Å². The molecule has 0 aliphatic carbocycles. The average molecular weight is 298 g/mol. The van der Waals surface area contributed by atoms with E-state index in [4.69, 9.17) is 15.9 Å². The molecule has 0 saturated heterocycles. The number of hydrogen-bond donors (Lipinski definition) is 2. The Balaban J connectivity index is 2.52. The largest absolute Gasteiger partial charge is 0.438 e. The first-order chi connectivity index (χ1) is 9.71. The number of hydrogen-bond acceptors (Lipinski definition) is 3. The van der Waals surface area contributed by atoms with Crippen molar-refractivity contribution in [3.05, 3.63) is 41.1 Å². The Morgan fingerprint density at radius 3 is 2.52 bits per heavy atom. The van der Waals surface area contributed by atoms with Crippen molar-refractivity contribution in [2.24, 2.45) is 12.8 Å². The van der Waals surface area contributed by atoms with Gasteiger partial charge in [0.05, 0.1) is 11.3 Å². The zero-order chi connectivity index (χ0) is 15.8. The first kappa shape index (κ1) is 14.9. The highest BCUT2D eigenvalue weighted by Gasteiger charge is 2.34. The minimum Gasteiger partial charge on any atom is -0.438 e. The summed E-state index contributed by atoms with van der Waals surface area (Å²) in [6.07, 6.45) is -4.54. The number of amidine groups is 1. The Bertz CT molecular complexity index is 691. The standard InChI is InChI=1S/C13H13F3N4O/c1-7-10(11(17)18)12(20(2)19-7)21-9-6-4-3-5-8(9)13(14,15)16/h3-6H,1-2H3,(H3,17,18). The third-order valence-electron chi connectivity index (χ3n) is 2.84. The molecule has 8 heteroatoms. The van der Waals surface area contributed by atoms with Crippen molar-refractivity contribution in [3.63, 3.8) is 0 Å². The van der Waals surface area contributed by atoms with Crippen LogP contribution in [-0.4, -0.2) is 15.6 Å². The van der Waals surface area contributed by atoms with Crippen LogP contribution in [0, 0.1) is 12.3 Å². The van der Waals surface area contributed by atoms with E-state index in [0.717, 1.165) is 6.07 Å². The van der Waals surface area contributed by atoms with Crippen LogP contribution < -0.4 is 10.5 Å². The number of halogens is 3. The minimum atomic E-state index is -4.54. The molecule has 2 rings (SSSR count). The molecule has 1 aromatic carbocycles. The van der Waals surface area contributed by atoms with Crippen LogP contribution in [-0.2, 0) is 13.2 Å². The van der Waals surface area contributed by atoms with E-state index in [0.29, 0.717) is 5.69 Å². The lowest BCUT2D eigenvalue weighted by atomic mass is 10.2. The van der Waals surface area contributed by atoms with Crippen LogP contribution in [0.2, 0.25) is 0 Å². The summed E-state index contributed by atoms with van der Waals surface area (Å²) < 4.78 is 45.4. The average Bonchev–Trinajstić information content (AvgIpc) is 2.63. The first-order valence-electron chi connectivity index (χ1n) is 5.94. The van der Waals surface area contributed by atoms with E-state index < -0.39 is 11.7 Å². The number of para-hydroxylation sites is 1. The Morgan fingerprint density at radius 2 is 1.95 bits per heavy atom. The molecule has 0 saturated carbocycles. The van der Waals surface area contributed by atoms with Gasteiger partial charge in [0.25, 0.3) is 0 Å². The zero-order valence-corrected chi connectivity index (χ0v) is 11.3. The summed E-state index contributed by atoms with van der Waals surface area (Å²) in [7, 11) is 1.50. The summed E-state index contributed by atoms with van der Waals surface area (Å²) in [6.45, 7) is 1.60. The van der Waals surface area contributed by atoms with E-state index >= 15 is 0 Å². The lowest BCUT2D eigenvalue weighted by Gasteiger charge is -2.14. The van der Waals surface area contributed by atoms with Gasteiger partial charge in [-0.1, -0.05) is 12.1 Å². The molecule has 0 spiro atoms. The van der Waals surface area contributed by atoms with Crippen LogP contribution in [0.5, 0.6) is 11.6 Å². The van der Waals surface area contributed by atoms with Crippen LogP contribution in [0.3, 0.4) is 0 Å². The van der Waals surface area contributed by atoms with Gasteiger partial charge in [0, 0.05) is 7.05 Å². The van der Waals surface area contributed by atoms with Crippen molar-refractivity contribution >= 4 is 5.84 Å². The smallest absolute Gasteiger partial charge is 0.419 e. The highest BCUT2D eigenvalue weighted by atomic mass is 19.4. The molecule has 0 fully saturated rings. The summed E-state index contributed by atoms with van der Waals surface area (Å²) in [6, 6.07) is 4.83. The number of ether oxygens (including phenoxy) is 1. The van der Waals surface area contributed by atoms with Crippen molar-refractivity contribution in [3.8, 4) is 11.6 Å². The third kappa shape index (κ3) is 2.83. The molecule has 2 aromatic rings. The minimum absolute atomic E-state index is 0.00306. The van der Waals surface area contributed by atoms with Gasteiger partial charge in [-0.2, -0.15) is 18.3 Å². The molecule has 0 unspecified atom stereocenters. The van der Waals surface area contributed by atoms with Gasteiger partial charge in [0.1, 0.15) is 17.1 Å². The van der Waals surface area contributed by atoms with Crippen LogP contribution in [0.4, 0.5) is 13.2 Å². The van der Waals surface area contributed by atoms with E-state index in [-0.39, 0.29) is 23.0 Å². The highest BCUT2D eigenvalue weighted by molar-refractivity contribution is 5.98. The van der Waals surface area contributed by atoms with Crippen molar-refractivity contribution in [2.45, 2.75) is 13.1 Å². The van der Waals surface area contributed by atoms with Gasteiger partial charge in [0.15, 0.2) is 0 Å². The molecule has 0 radical (unpaired) electrons. The first-order valence-corrected chi connectivity index (χ1v) is 5.94. The van der Waals surface area contributed by atoms with Gasteiger partial charge >= 0.3 is 6.18 Å². The number of nitrogens with zero attached hydrogens (tertiary/aromatic N) is 2. The van der Waals surface area contributed by atoms with Crippen LogP contribution in [0.1, 0.15) is 16.8 Å². The normalized spacial score (nSPS) is 11.5. The summed E-state index contributed by atoms with van der Waals surface area (Å²) in [5.74, 6) is -0.688. The van der Waals surface area contributed by atoms with E-state index in [1.54, 1.807) is 6.92 Å². The van der Waals surface area contributed by atoms with E-state index in [1.807, 2.05) is 0 Å². The fraction of sp³-hybridized carbons (Fsp3) is 0.231. The monoisotopic (exact) mass is 298 g/mol. The summed E-state index contributed by atoms with van der Waals surface area (Å²) in [5, 5.41) is 11.5. The molecule has 3 N–H and O–H groups in total. The Morgan fingerprint density at radius 1 is 1.33 bits per heavy atom. The number of nitrogen functional groups attached to an aromatic ring is 1. The number of alkyl halides is 3. The molecule has 5 nitrogen and oxygen atoms in total. The fourth-order valence-electron chi connectivity index (χ4n) is 1.96. The molecular weight excluding hydrogens is 285 g/mol. The molecular formula is C13H13F3N4O. The van der Waals surface area contributed by atoms with Gasteiger partial charge < -0.3 is 10.5 Å². The summed E-state index contributed by atoms with van der Waals surface area (Å²) in [4.78, 5) is 0. The molecule has 0 amide bonds. The Labute approximate surface area is 118 Å². The van der Waals surface area contributed by atoms with Crippen molar-refractivity contribution in [1.29, 1.82) is 5.41 Å². The van der Waals surface area contributed by atoms with Gasteiger partial charge in [-0.3, -0.25) is 5.41 Å². The maximum Gasteiger partial charge on any atom is 0.419 e. The van der Waals surface area contributed by atoms with Crippen LogP contribution in [0.25, 0.3) is 0 Å². The van der Waals surface area contributed by atoms with Gasteiger partial charge in [-0.05, 0) is 19.1 Å². The highest BCUT2D eigenvalue weighted by Crippen LogP contribution is 2.38. The number of benzene rings is 1. The van der Waals surface area contributed by atoms with Crippen molar-refractivity contribution in [2.75, 3.05) is 0 Å². The van der Waals surface area contributed by atoms with E-state index in [9.17, 15) is 13.2 Å². The van der Waals surface area contributed by atoms with E-state index in [2.05, 4.69) is 5.10 Å². The molecule has 0 aliphatic heterocycles. The Kier molecular flexibility index (Phi) is 3.63. The molecule has 21 heavy (non-hydrogen) atoms. The molecule has 1 heterocycles.